The number of ether oxygens (including phenoxy) is 1. The van der Waals surface area contributed by atoms with E-state index in [-0.39, 0.29) is 5.92 Å². The highest BCUT2D eigenvalue weighted by Crippen LogP contribution is 2.34. The molecule has 3 atom stereocenters. The number of nitrogens with zero attached hydrogens (tertiary/aromatic N) is 2. The minimum absolute atomic E-state index is 0.0477. The second-order valence-electron chi connectivity index (χ2n) is 10.0. The number of aliphatic carboxylic acids is 1. The second kappa shape index (κ2) is 12.4. The van der Waals surface area contributed by atoms with Gasteiger partial charge in [0.1, 0.15) is 11.6 Å². The number of carbonyl (C=O) groups is 1. The van der Waals surface area contributed by atoms with Crippen molar-refractivity contribution in [3.63, 3.8) is 0 Å². The van der Waals surface area contributed by atoms with Crippen molar-refractivity contribution >= 4 is 28.6 Å². The van der Waals surface area contributed by atoms with Crippen molar-refractivity contribution in [1.29, 1.82) is 0 Å². The maximum absolute atomic E-state index is 14.8. The molecule has 2 aromatic rings. The first-order chi connectivity index (χ1) is 17.0. The van der Waals surface area contributed by atoms with Gasteiger partial charge in [-0.1, -0.05) is 19.3 Å². The summed E-state index contributed by atoms with van der Waals surface area (Å²) in [5.41, 5.74) is 7.58. The van der Waals surface area contributed by atoms with E-state index < -0.39 is 23.7 Å². The number of aromatic nitrogens is 1. The molecule has 1 saturated heterocycles. The quantitative estimate of drug-likeness (QED) is 0.458. The Morgan fingerprint density at radius 1 is 1.31 bits per heavy atom. The fourth-order valence-corrected chi connectivity index (χ4v) is 7.05. The number of fused-ring (bicyclic) bond motifs is 1. The van der Waals surface area contributed by atoms with E-state index in [4.69, 9.17) is 10.5 Å². The number of piperidine rings is 1. The monoisotopic (exact) mass is 503 g/mol. The van der Waals surface area contributed by atoms with Crippen LogP contribution in [0.2, 0.25) is 0 Å². The molecule has 1 aliphatic carbocycles. The van der Waals surface area contributed by atoms with Crippen LogP contribution >= 0.6 is 11.8 Å². The summed E-state index contributed by atoms with van der Waals surface area (Å²) in [6.45, 7) is 2.45. The number of hydrogen-bond donors (Lipinski definition) is 2. The van der Waals surface area contributed by atoms with Crippen LogP contribution in [0.4, 0.5) is 4.39 Å². The first-order valence-corrected chi connectivity index (χ1v) is 14.0. The second-order valence-corrected chi connectivity index (χ2v) is 11.4. The molecule has 1 aromatic heterocycles. The van der Waals surface area contributed by atoms with E-state index >= 15 is 0 Å². The van der Waals surface area contributed by atoms with Gasteiger partial charge < -0.3 is 20.5 Å². The van der Waals surface area contributed by atoms with Crippen molar-refractivity contribution in [3.8, 4) is 5.75 Å². The zero-order valence-electron chi connectivity index (χ0n) is 20.6. The third-order valence-corrected chi connectivity index (χ3v) is 9.12. The molecular formula is C27H38FN3O3S. The molecule has 2 aliphatic rings. The van der Waals surface area contributed by atoms with Crippen molar-refractivity contribution < 1.29 is 19.0 Å². The third-order valence-electron chi connectivity index (χ3n) is 7.76. The van der Waals surface area contributed by atoms with Crippen LogP contribution in [0.5, 0.6) is 5.75 Å². The van der Waals surface area contributed by atoms with Gasteiger partial charge in [0.15, 0.2) is 0 Å². The minimum atomic E-state index is -0.738. The van der Waals surface area contributed by atoms with Crippen molar-refractivity contribution in [2.24, 2.45) is 17.6 Å². The molecule has 0 radical (unpaired) electrons. The standard InChI is InChI=1S/C27H38FN3O3S/c1-34-19-8-10-25-21(15-19)26(23(28)16-30-25)24(29)9-7-18-11-12-31(17-22(18)27(32)33)13-14-35-20-5-3-2-4-6-20/h8,10,15-16,18,20,22,24H,2-7,9,11-14,17,29H2,1H3,(H,32,33). The SMILES string of the molecule is COc1ccc2ncc(F)c(C(N)CCC3CCN(CCSC4CCCCC4)CC3C(=O)O)c2c1. The van der Waals surface area contributed by atoms with E-state index in [1.165, 1.54) is 38.3 Å². The molecule has 2 fully saturated rings. The van der Waals surface area contributed by atoms with E-state index in [0.29, 0.717) is 41.6 Å². The van der Waals surface area contributed by atoms with E-state index in [2.05, 4.69) is 21.6 Å². The maximum Gasteiger partial charge on any atom is 0.308 e. The predicted octanol–water partition coefficient (Wildman–Crippen LogP) is 5.25. The van der Waals surface area contributed by atoms with Gasteiger partial charge in [0, 0.05) is 41.1 Å². The number of nitrogens with two attached hydrogens (primary N) is 1. The number of carboxylic acids is 1. The molecule has 3 unspecified atom stereocenters. The Hall–Kier alpha value is -1.90. The van der Waals surface area contributed by atoms with E-state index in [1.54, 1.807) is 25.3 Å². The highest BCUT2D eigenvalue weighted by Gasteiger charge is 2.34. The van der Waals surface area contributed by atoms with Crippen LogP contribution < -0.4 is 10.5 Å². The van der Waals surface area contributed by atoms with Gasteiger partial charge in [0.05, 0.1) is 24.7 Å². The molecule has 192 valence electrons. The molecule has 1 aliphatic heterocycles. The molecule has 1 aromatic carbocycles. The first-order valence-electron chi connectivity index (χ1n) is 12.9. The zero-order chi connectivity index (χ0) is 24.8. The van der Waals surface area contributed by atoms with E-state index in [1.807, 2.05) is 0 Å². The average Bonchev–Trinajstić information content (AvgIpc) is 2.87. The summed E-state index contributed by atoms with van der Waals surface area (Å²) in [5, 5.41) is 11.4. The lowest BCUT2D eigenvalue weighted by molar-refractivity contribution is -0.146. The van der Waals surface area contributed by atoms with Crippen molar-refractivity contribution in [2.45, 2.75) is 62.7 Å². The number of thioether (sulfide) groups is 1. The summed E-state index contributed by atoms with van der Waals surface area (Å²) in [5.74, 6) is 0.168. The van der Waals surface area contributed by atoms with Gasteiger partial charge in [0.25, 0.3) is 0 Å². The topological polar surface area (TPSA) is 88.7 Å². The number of likely N-dealkylation sites (tertiary alicyclic amines) is 1. The number of benzene rings is 1. The molecular weight excluding hydrogens is 465 g/mol. The molecule has 3 N–H and O–H groups in total. The van der Waals surface area contributed by atoms with Gasteiger partial charge in [-0.2, -0.15) is 11.8 Å². The average molecular weight is 504 g/mol. The lowest BCUT2D eigenvalue weighted by Crippen LogP contribution is -2.44. The highest BCUT2D eigenvalue weighted by atomic mass is 32.2. The van der Waals surface area contributed by atoms with Crippen molar-refractivity contribution in [3.05, 3.63) is 35.8 Å². The smallest absolute Gasteiger partial charge is 0.308 e. The molecule has 0 bridgehead atoms. The zero-order valence-corrected chi connectivity index (χ0v) is 21.4. The summed E-state index contributed by atoms with van der Waals surface area (Å²) < 4.78 is 20.1. The number of hydrogen-bond acceptors (Lipinski definition) is 6. The van der Waals surface area contributed by atoms with Gasteiger partial charge in [-0.15, -0.1) is 0 Å². The van der Waals surface area contributed by atoms with Crippen molar-refractivity contribution in [2.75, 3.05) is 32.5 Å². The Balaban J connectivity index is 1.34. The van der Waals surface area contributed by atoms with Crippen LogP contribution in [-0.4, -0.2) is 58.7 Å². The molecule has 6 nitrogen and oxygen atoms in total. The normalized spacial score (nSPS) is 22.8. The number of rotatable bonds is 10. The molecule has 8 heteroatoms. The molecule has 4 rings (SSSR count). The van der Waals surface area contributed by atoms with Crippen LogP contribution in [0.25, 0.3) is 10.9 Å². The van der Waals surface area contributed by atoms with E-state index in [0.717, 1.165) is 30.5 Å². The Bertz CT molecular complexity index is 1000. The molecule has 35 heavy (non-hydrogen) atoms. The molecule has 0 amide bonds. The van der Waals surface area contributed by atoms with Gasteiger partial charge in [-0.3, -0.25) is 9.78 Å². The number of pyridine rings is 1. The third kappa shape index (κ3) is 6.66. The van der Waals surface area contributed by atoms with Gasteiger partial charge in [-0.05, 0) is 62.8 Å². The largest absolute Gasteiger partial charge is 0.497 e. The van der Waals surface area contributed by atoms with Crippen LogP contribution in [0, 0.1) is 17.7 Å². The Morgan fingerprint density at radius 3 is 2.86 bits per heavy atom. The molecule has 0 spiro atoms. The predicted molar refractivity (Wildman–Crippen MR) is 139 cm³/mol. The van der Waals surface area contributed by atoms with Gasteiger partial charge in [0.2, 0.25) is 0 Å². The number of carboxylic acid groups (broad SMARTS) is 1. The summed E-state index contributed by atoms with van der Waals surface area (Å²) in [6, 6.07) is 4.82. The van der Waals surface area contributed by atoms with E-state index in [9.17, 15) is 14.3 Å². The number of halogens is 1. The van der Waals surface area contributed by atoms with Crippen LogP contribution in [-0.2, 0) is 4.79 Å². The van der Waals surface area contributed by atoms with Crippen molar-refractivity contribution in [1.82, 2.24) is 9.88 Å². The lowest BCUT2D eigenvalue weighted by Gasteiger charge is -2.37. The summed E-state index contributed by atoms with van der Waals surface area (Å²) in [4.78, 5) is 18.6. The Morgan fingerprint density at radius 2 is 2.11 bits per heavy atom. The van der Waals surface area contributed by atoms with Crippen LogP contribution in [0.15, 0.2) is 24.4 Å². The summed E-state index contributed by atoms with van der Waals surface area (Å²) >= 11 is 2.06. The van der Waals surface area contributed by atoms with Crippen LogP contribution in [0.1, 0.15) is 63.0 Å². The fraction of sp³-hybridized carbons (Fsp3) is 0.630. The maximum atomic E-state index is 14.8. The summed E-state index contributed by atoms with van der Waals surface area (Å²) in [7, 11) is 1.57. The fourth-order valence-electron chi connectivity index (χ4n) is 5.69. The van der Waals surface area contributed by atoms with Gasteiger partial charge >= 0.3 is 5.97 Å². The van der Waals surface area contributed by atoms with Gasteiger partial charge in [-0.25, -0.2) is 4.39 Å². The lowest BCUT2D eigenvalue weighted by atomic mass is 9.81. The van der Waals surface area contributed by atoms with Crippen LogP contribution in [0.3, 0.4) is 0 Å². The first kappa shape index (κ1) is 26.2. The molecule has 2 heterocycles. The molecule has 1 saturated carbocycles. The summed E-state index contributed by atoms with van der Waals surface area (Å²) in [6.07, 6.45) is 9.95. The number of methoxy groups -OCH3 is 1. The Kier molecular flexibility index (Phi) is 9.25. The minimum Gasteiger partial charge on any atom is -0.497 e. The Labute approximate surface area is 211 Å². The highest BCUT2D eigenvalue weighted by molar-refractivity contribution is 7.99.